The summed E-state index contributed by atoms with van der Waals surface area (Å²) in [5.74, 6) is 0.531. The number of furan rings is 1. The Morgan fingerprint density at radius 2 is 1.66 bits per heavy atom. The molecule has 0 saturated carbocycles. The maximum atomic E-state index is 13.2. The molecule has 0 radical (unpaired) electrons. The molecule has 1 aromatic heterocycles. The Labute approximate surface area is 195 Å². The summed E-state index contributed by atoms with van der Waals surface area (Å²) < 4.78 is 12.3. The third-order valence-corrected chi connectivity index (χ3v) is 5.66. The summed E-state index contributed by atoms with van der Waals surface area (Å²) in [5, 5.41) is 2.78. The zero-order chi connectivity index (χ0) is 22.5. The molecule has 0 unspecified atom stereocenters. The van der Waals surface area contributed by atoms with Crippen LogP contribution in [-0.4, -0.2) is 43.0 Å². The van der Waals surface area contributed by atoms with Crippen molar-refractivity contribution in [2.75, 3.05) is 26.3 Å². The molecule has 1 fully saturated rings. The first kappa shape index (κ1) is 22.0. The van der Waals surface area contributed by atoms with Crippen molar-refractivity contribution in [2.24, 2.45) is 0 Å². The fourth-order valence-electron chi connectivity index (χ4n) is 3.33. The first-order valence-corrected chi connectivity index (χ1v) is 11.1. The number of rotatable bonds is 5. The van der Waals surface area contributed by atoms with Gasteiger partial charge in [0.05, 0.1) is 13.2 Å². The molecule has 164 valence electrons. The molecule has 2 amide bonds. The lowest BCUT2D eigenvalue weighted by Gasteiger charge is -2.27. The summed E-state index contributed by atoms with van der Waals surface area (Å²) in [5.41, 5.74) is 2.61. The van der Waals surface area contributed by atoms with Gasteiger partial charge in [0.25, 0.3) is 11.8 Å². The highest BCUT2D eigenvalue weighted by Crippen LogP contribution is 2.25. The van der Waals surface area contributed by atoms with E-state index < -0.39 is 0 Å². The number of aryl methyl sites for hydroxylation is 1. The molecule has 7 heteroatoms. The van der Waals surface area contributed by atoms with Gasteiger partial charge in [0.1, 0.15) is 17.2 Å². The van der Waals surface area contributed by atoms with Crippen LogP contribution in [0.5, 0.6) is 0 Å². The van der Waals surface area contributed by atoms with Gasteiger partial charge in [-0.1, -0.05) is 45.8 Å². The smallest absolute Gasteiger partial charge is 0.270 e. The van der Waals surface area contributed by atoms with Crippen molar-refractivity contribution in [3.8, 4) is 11.3 Å². The summed E-state index contributed by atoms with van der Waals surface area (Å²) in [6, 6.07) is 18.6. The molecule has 2 aromatic carbocycles. The van der Waals surface area contributed by atoms with E-state index in [9.17, 15) is 9.59 Å². The lowest BCUT2D eigenvalue weighted by molar-refractivity contribution is -0.131. The summed E-state index contributed by atoms with van der Waals surface area (Å²) in [6.45, 7) is 3.84. The molecule has 0 bridgehead atoms. The number of benzene rings is 2. The van der Waals surface area contributed by atoms with Gasteiger partial charge in [-0.05, 0) is 43.3 Å². The molecule has 32 heavy (non-hydrogen) atoms. The summed E-state index contributed by atoms with van der Waals surface area (Å²) in [6.07, 6.45) is 1.58. The van der Waals surface area contributed by atoms with Gasteiger partial charge in [0, 0.05) is 34.8 Å². The van der Waals surface area contributed by atoms with E-state index in [4.69, 9.17) is 9.15 Å². The molecule has 4 rings (SSSR count). The van der Waals surface area contributed by atoms with Crippen LogP contribution in [0.15, 0.2) is 75.3 Å². The van der Waals surface area contributed by atoms with Gasteiger partial charge in [-0.25, -0.2) is 0 Å². The highest BCUT2D eigenvalue weighted by Gasteiger charge is 2.23. The van der Waals surface area contributed by atoms with Crippen molar-refractivity contribution in [1.29, 1.82) is 0 Å². The third-order valence-electron chi connectivity index (χ3n) is 5.13. The number of nitrogens with zero attached hydrogens (tertiary/aromatic N) is 1. The van der Waals surface area contributed by atoms with Crippen LogP contribution in [0.2, 0.25) is 0 Å². The van der Waals surface area contributed by atoms with Crippen LogP contribution >= 0.6 is 15.9 Å². The topological polar surface area (TPSA) is 71.8 Å². The van der Waals surface area contributed by atoms with E-state index in [1.807, 2.05) is 49.4 Å². The Hall–Kier alpha value is -3.16. The molecule has 1 saturated heterocycles. The highest BCUT2D eigenvalue weighted by molar-refractivity contribution is 9.10. The normalized spacial score (nSPS) is 14.3. The first-order valence-electron chi connectivity index (χ1n) is 10.3. The van der Waals surface area contributed by atoms with E-state index in [-0.39, 0.29) is 17.5 Å². The van der Waals surface area contributed by atoms with Gasteiger partial charge in [-0.15, -0.1) is 0 Å². The minimum Gasteiger partial charge on any atom is -0.457 e. The first-order chi connectivity index (χ1) is 15.5. The Morgan fingerprint density at radius 1 is 0.969 bits per heavy atom. The number of ether oxygens (including phenoxy) is 1. The van der Waals surface area contributed by atoms with Gasteiger partial charge in [-0.2, -0.15) is 0 Å². The third kappa shape index (κ3) is 5.36. The van der Waals surface area contributed by atoms with Gasteiger partial charge in [0.15, 0.2) is 0 Å². The van der Waals surface area contributed by atoms with Gasteiger partial charge < -0.3 is 19.4 Å². The lowest BCUT2D eigenvalue weighted by atomic mass is 10.1. The fourth-order valence-corrected chi connectivity index (χ4v) is 3.59. The molecular weight excluding hydrogens is 472 g/mol. The average molecular weight is 495 g/mol. The molecular formula is C25H23BrN2O4. The zero-order valence-electron chi connectivity index (χ0n) is 17.6. The molecule has 3 aromatic rings. The van der Waals surface area contributed by atoms with E-state index >= 15 is 0 Å². The number of amides is 2. The zero-order valence-corrected chi connectivity index (χ0v) is 19.2. The molecule has 0 spiro atoms. The van der Waals surface area contributed by atoms with Crippen LogP contribution < -0.4 is 5.32 Å². The van der Waals surface area contributed by atoms with E-state index in [1.54, 1.807) is 29.2 Å². The number of morpholine rings is 1. The summed E-state index contributed by atoms with van der Waals surface area (Å²) >= 11 is 3.42. The Balaban J connectivity index is 1.61. The Kier molecular flexibility index (Phi) is 6.87. The quantitative estimate of drug-likeness (QED) is 0.524. The molecule has 1 aliphatic rings. The number of nitrogens with one attached hydrogen (secondary N) is 1. The average Bonchev–Trinajstić information content (AvgIpc) is 3.28. The lowest BCUT2D eigenvalue weighted by Crippen LogP contribution is -2.44. The fraction of sp³-hybridized carbons (Fsp3) is 0.200. The summed E-state index contributed by atoms with van der Waals surface area (Å²) in [7, 11) is 0. The second-order valence-electron chi connectivity index (χ2n) is 7.49. The molecule has 0 aliphatic carbocycles. The van der Waals surface area contributed by atoms with Crippen molar-refractivity contribution < 1.29 is 18.7 Å². The van der Waals surface area contributed by atoms with Crippen molar-refractivity contribution >= 4 is 33.8 Å². The maximum absolute atomic E-state index is 13.2. The predicted octanol–water partition coefficient (Wildman–Crippen LogP) is 4.65. The van der Waals surface area contributed by atoms with Crippen LogP contribution in [0, 0.1) is 6.92 Å². The van der Waals surface area contributed by atoms with Gasteiger partial charge in [0.2, 0.25) is 0 Å². The number of hydrogen-bond acceptors (Lipinski definition) is 4. The van der Waals surface area contributed by atoms with Crippen molar-refractivity contribution in [3.05, 3.63) is 87.7 Å². The second-order valence-corrected chi connectivity index (χ2v) is 8.41. The van der Waals surface area contributed by atoms with E-state index in [2.05, 4.69) is 21.2 Å². The Morgan fingerprint density at radius 3 is 2.34 bits per heavy atom. The van der Waals surface area contributed by atoms with Crippen molar-refractivity contribution in [2.45, 2.75) is 6.92 Å². The van der Waals surface area contributed by atoms with Crippen molar-refractivity contribution in [1.82, 2.24) is 10.2 Å². The highest BCUT2D eigenvalue weighted by atomic mass is 79.9. The van der Waals surface area contributed by atoms with Crippen LogP contribution in [0.3, 0.4) is 0 Å². The Bertz CT molecular complexity index is 1130. The number of halogens is 1. The van der Waals surface area contributed by atoms with Gasteiger partial charge in [-0.3, -0.25) is 9.59 Å². The minimum atomic E-state index is -0.349. The summed E-state index contributed by atoms with van der Waals surface area (Å²) in [4.78, 5) is 27.7. The van der Waals surface area contributed by atoms with E-state index in [0.29, 0.717) is 43.4 Å². The van der Waals surface area contributed by atoms with Crippen LogP contribution in [0.1, 0.15) is 21.7 Å². The molecule has 0 atom stereocenters. The SMILES string of the molecule is Cc1ccc(C(=O)N/C(=C\c2ccc(-c3ccc(Br)cc3)o2)C(=O)N2CCOCC2)cc1. The number of carbonyl (C=O) groups is 2. The number of hydrogen-bond donors (Lipinski definition) is 1. The van der Waals surface area contributed by atoms with E-state index in [0.717, 1.165) is 15.6 Å². The maximum Gasteiger partial charge on any atom is 0.270 e. The van der Waals surface area contributed by atoms with Crippen LogP contribution in [0.4, 0.5) is 0 Å². The van der Waals surface area contributed by atoms with Crippen LogP contribution in [0.25, 0.3) is 17.4 Å². The monoisotopic (exact) mass is 494 g/mol. The largest absolute Gasteiger partial charge is 0.457 e. The number of carbonyl (C=O) groups excluding carboxylic acids is 2. The van der Waals surface area contributed by atoms with Gasteiger partial charge >= 0.3 is 0 Å². The molecule has 1 aliphatic heterocycles. The van der Waals surface area contributed by atoms with Crippen LogP contribution in [-0.2, 0) is 9.53 Å². The molecule has 1 N–H and O–H groups in total. The standard InChI is InChI=1S/C25H23BrN2O4/c1-17-2-4-19(5-3-17)24(29)27-22(25(30)28-12-14-31-15-13-28)16-21-10-11-23(32-21)18-6-8-20(26)9-7-18/h2-11,16H,12-15H2,1H3,(H,27,29)/b22-16-. The van der Waals surface area contributed by atoms with Crippen molar-refractivity contribution in [3.63, 3.8) is 0 Å². The second kappa shape index (κ2) is 9.97. The molecule has 6 nitrogen and oxygen atoms in total. The van der Waals surface area contributed by atoms with E-state index in [1.165, 1.54) is 0 Å². The predicted molar refractivity (Wildman–Crippen MR) is 126 cm³/mol. The minimum absolute atomic E-state index is 0.161. The molecule has 2 heterocycles.